The van der Waals surface area contributed by atoms with Crippen LogP contribution in [0, 0.1) is 5.92 Å². The molecule has 0 aliphatic rings. The van der Waals surface area contributed by atoms with E-state index >= 15 is 0 Å². The molecule has 0 aliphatic heterocycles. The summed E-state index contributed by atoms with van der Waals surface area (Å²) in [7, 11) is 3.08. The number of nitrogens with one attached hydrogen (secondary N) is 1. The maximum atomic E-state index is 11.4. The second-order valence-corrected chi connectivity index (χ2v) is 5.34. The van der Waals surface area contributed by atoms with Gasteiger partial charge in [0.2, 0.25) is 0 Å². The molecule has 0 aliphatic carbocycles. The number of rotatable bonds is 7. The quantitative estimate of drug-likeness (QED) is 0.781. The van der Waals surface area contributed by atoms with Crippen LogP contribution in [0.2, 0.25) is 0 Å². The number of ether oxygens (including phenoxy) is 2. The van der Waals surface area contributed by atoms with Crippen LogP contribution >= 0.6 is 15.9 Å². The number of carbonyl (C=O) groups excluding carboxylic acids is 1. The predicted octanol–water partition coefficient (Wildman–Crippen LogP) is 2.61. The summed E-state index contributed by atoms with van der Waals surface area (Å²) in [6.07, 6.45) is 0. The standard InChI is InChI=1S/C14H20BrNO3/c1-10(9-18-2)7-16-8-12-5-4-11(6-13(12)15)14(17)19-3/h4-6,10,16H,7-9H2,1-3H3. The summed E-state index contributed by atoms with van der Waals surface area (Å²) >= 11 is 3.47. The highest BCUT2D eigenvalue weighted by Crippen LogP contribution is 2.19. The largest absolute Gasteiger partial charge is 0.465 e. The number of esters is 1. The molecule has 0 spiro atoms. The van der Waals surface area contributed by atoms with Gasteiger partial charge in [-0.2, -0.15) is 0 Å². The van der Waals surface area contributed by atoms with Gasteiger partial charge in [0.25, 0.3) is 0 Å². The van der Waals surface area contributed by atoms with Gasteiger partial charge >= 0.3 is 5.97 Å². The zero-order valence-corrected chi connectivity index (χ0v) is 13.1. The fourth-order valence-electron chi connectivity index (χ4n) is 1.73. The molecule has 0 heterocycles. The van der Waals surface area contributed by atoms with Gasteiger partial charge in [0, 0.05) is 31.3 Å². The first-order chi connectivity index (χ1) is 9.08. The van der Waals surface area contributed by atoms with Crippen molar-refractivity contribution in [2.75, 3.05) is 27.4 Å². The van der Waals surface area contributed by atoms with Crippen molar-refractivity contribution < 1.29 is 14.3 Å². The monoisotopic (exact) mass is 329 g/mol. The molecule has 1 aromatic carbocycles. The normalized spacial score (nSPS) is 12.2. The highest BCUT2D eigenvalue weighted by molar-refractivity contribution is 9.10. The van der Waals surface area contributed by atoms with Crippen LogP contribution in [0.15, 0.2) is 22.7 Å². The van der Waals surface area contributed by atoms with E-state index in [-0.39, 0.29) is 5.97 Å². The van der Waals surface area contributed by atoms with Gasteiger partial charge in [-0.3, -0.25) is 0 Å². The molecule has 1 aromatic rings. The van der Waals surface area contributed by atoms with Crippen molar-refractivity contribution in [3.63, 3.8) is 0 Å². The summed E-state index contributed by atoms with van der Waals surface area (Å²) in [6, 6.07) is 5.47. The topological polar surface area (TPSA) is 47.6 Å². The number of halogens is 1. The summed E-state index contributed by atoms with van der Waals surface area (Å²) in [4.78, 5) is 11.4. The molecule has 5 heteroatoms. The van der Waals surface area contributed by atoms with Gasteiger partial charge < -0.3 is 14.8 Å². The van der Waals surface area contributed by atoms with Gasteiger partial charge in [0.05, 0.1) is 12.7 Å². The molecular formula is C14H20BrNO3. The molecular weight excluding hydrogens is 310 g/mol. The average molecular weight is 330 g/mol. The summed E-state index contributed by atoms with van der Waals surface area (Å²) in [5, 5.41) is 3.36. The van der Waals surface area contributed by atoms with E-state index in [0.29, 0.717) is 11.5 Å². The van der Waals surface area contributed by atoms with Crippen LogP contribution in [-0.4, -0.2) is 33.3 Å². The Hall–Kier alpha value is -0.910. The van der Waals surface area contributed by atoms with E-state index in [1.165, 1.54) is 7.11 Å². The molecule has 1 atom stereocenters. The zero-order valence-electron chi connectivity index (χ0n) is 11.5. The third-order valence-corrected chi connectivity index (χ3v) is 3.47. The van der Waals surface area contributed by atoms with Gasteiger partial charge in [0.1, 0.15) is 0 Å². The lowest BCUT2D eigenvalue weighted by molar-refractivity contribution is 0.0600. The van der Waals surface area contributed by atoms with E-state index in [2.05, 4.69) is 32.9 Å². The van der Waals surface area contributed by atoms with Crippen molar-refractivity contribution in [3.8, 4) is 0 Å². The van der Waals surface area contributed by atoms with Crippen molar-refractivity contribution >= 4 is 21.9 Å². The number of benzene rings is 1. The maximum Gasteiger partial charge on any atom is 0.337 e. The lowest BCUT2D eigenvalue weighted by Crippen LogP contribution is -2.23. The summed E-state index contributed by atoms with van der Waals surface area (Å²) in [6.45, 7) is 4.51. The molecule has 106 valence electrons. The molecule has 1 unspecified atom stereocenters. The van der Waals surface area contributed by atoms with E-state index < -0.39 is 0 Å². The Morgan fingerprint density at radius 2 is 2.16 bits per heavy atom. The maximum absolute atomic E-state index is 11.4. The molecule has 0 radical (unpaired) electrons. The summed E-state index contributed by atoms with van der Waals surface area (Å²) in [5.74, 6) is 0.145. The van der Waals surface area contributed by atoms with Crippen molar-refractivity contribution in [1.82, 2.24) is 5.32 Å². The van der Waals surface area contributed by atoms with Crippen LogP contribution in [0.25, 0.3) is 0 Å². The Morgan fingerprint density at radius 1 is 1.42 bits per heavy atom. The van der Waals surface area contributed by atoms with Crippen molar-refractivity contribution in [2.24, 2.45) is 5.92 Å². The van der Waals surface area contributed by atoms with Crippen LogP contribution < -0.4 is 5.32 Å². The van der Waals surface area contributed by atoms with Crippen LogP contribution in [0.4, 0.5) is 0 Å². The summed E-state index contributed by atoms with van der Waals surface area (Å²) in [5.41, 5.74) is 1.66. The number of hydrogen-bond acceptors (Lipinski definition) is 4. The molecule has 0 fully saturated rings. The van der Waals surface area contributed by atoms with E-state index in [1.807, 2.05) is 6.07 Å². The van der Waals surface area contributed by atoms with Crippen molar-refractivity contribution in [1.29, 1.82) is 0 Å². The number of carbonyl (C=O) groups is 1. The van der Waals surface area contributed by atoms with Crippen LogP contribution in [-0.2, 0) is 16.0 Å². The van der Waals surface area contributed by atoms with E-state index in [1.54, 1.807) is 19.2 Å². The SMILES string of the molecule is COCC(C)CNCc1ccc(C(=O)OC)cc1Br. The van der Waals surface area contributed by atoms with Crippen LogP contribution in [0.5, 0.6) is 0 Å². The Labute approximate surface area is 122 Å². The minimum atomic E-state index is -0.325. The van der Waals surface area contributed by atoms with Gasteiger partial charge in [0.15, 0.2) is 0 Å². The van der Waals surface area contributed by atoms with E-state index in [9.17, 15) is 4.79 Å². The fraction of sp³-hybridized carbons (Fsp3) is 0.500. The predicted molar refractivity (Wildman–Crippen MR) is 78.2 cm³/mol. The third kappa shape index (κ3) is 5.30. The lowest BCUT2D eigenvalue weighted by Gasteiger charge is -2.12. The van der Waals surface area contributed by atoms with Gasteiger partial charge in [-0.15, -0.1) is 0 Å². The summed E-state index contributed by atoms with van der Waals surface area (Å²) < 4.78 is 10.7. The Kier molecular flexibility index (Phi) is 7.05. The molecule has 0 amide bonds. The number of hydrogen-bond donors (Lipinski definition) is 1. The highest BCUT2D eigenvalue weighted by atomic mass is 79.9. The van der Waals surface area contributed by atoms with Gasteiger partial charge in [-0.1, -0.05) is 28.9 Å². The second-order valence-electron chi connectivity index (χ2n) is 4.49. The molecule has 0 bridgehead atoms. The molecule has 0 saturated carbocycles. The van der Waals surface area contributed by atoms with E-state index in [0.717, 1.165) is 29.7 Å². The molecule has 4 nitrogen and oxygen atoms in total. The van der Waals surface area contributed by atoms with Crippen LogP contribution in [0.1, 0.15) is 22.8 Å². The van der Waals surface area contributed by atoms with Gasteiger partial charge in [-0.25, -0.2) is 4.79 Å². The highest BCUT2D eigenvalue weighted by Gasteiger charge is 2.08. The minimum Gasteiger partial charge on any atom is -0.465 e. The molecule has 1 rings (SSSR count). The zero-order chi connectivity index (χ0) is 14.3. The average Bonchev–Trinajstić information content (AvgIpc) is 2.40. The Balaban J connectivity index is 2.53. The molecule has 0 aromatic heterocycles. The van der Waals surface area contributed by atoms with Crippen molar-refractivity contribution in [2.45, 2.75) is 13.5 Å². The van der Waals surface area contributed by atoms with Crippen molar-refractivity contribution in [3.05, 3.63) is 33.8 Å². The smallest absolute Gasteiger partial charge is 0.337 e. The Bertz CT molecular complexity index is 423. The first-order valence-corrected chi connectivity index (χ1v) is 6.94. The van der Waals surface area contributed by atoms with Crippen LogP contribution in [0.3, 0.4) is 0 Å². The molecule has 1 N–H and O–H groups in total. The second kappa shape index (κ2) is 8.30. The number of methoxy groups -OCH3 is 2. The molecule has 19 heavy (non-hydrogen) atoms. The molecule has 0 saturated heterocycles. The Morgan fingerprint density at radius 3 is 2.74 bits per heavy atom. The minimum absolute atomic E-state index is 0.325. The van der Waals surface area contributed by atoms with E-state index in [4.69, 9.17) is 4.74 Å². The van der Waals surface area contributed by atoms with Gasteiger partial charge in [-0.05, 0) is 23.6 Å². The first kappa shape index (κ1) is 16.1. The fourth-order valence-corrected chi connectivity index (χ4v) is 2.25. The third-order valence-electron chi connectivity index (χ3n) is 2.73. The lowest BCUT2D eigenvalue weighted by atomic mass is 10.1. The first-order valence-electron chi connectivity index (χ1n) is 6.14.